The van der Waals surface area contributed by atoms with E-state index >= 15 is 0 Å². The summed E-state index contributed by atoms with van der Waals surface area (Å²) in [5, 5.41) is 15.2. The largest absolute Gasteiger partial charge is 0.415 e. The van der Waals surface area contributed by atoms with Gasteiger partial charge in [-0.1, -0.05) is 11.6 Å². The van der Waals surface area contributed by atoms with Crippen LogP contribution in [0.1, 0.15) is 12.8 Å². The van der Waals surface area contributed by atoms with Crippen LogP contribution in [-0.4, -0.2) is 66.1 Å². The van der Waals surface area contributed by atoms with E-state index in [0.717, 1.165) is 15.6 Å². The Morgan fingerprint density at radius 2 is 2.10 bits per heavy atom. The van der Waals surface area contributed by atoms with Crippen LogP contribution < -0.4 is 10.0 Å². The number of rotatable bonds is 5. The zero-order chi connectivity index (χ0) is 21.1. The van der Waals surface area contributed by atoms with Crippen molar-refractivity contribution in [1.29, 1.82) is 0 Å². The monoisotopic (exact) mass is 452 g/mol. The summed E-state index contributed by atoms with van der Waals surface area (Å²) in [7, 11) is 1.86. The average molecular weight is 453 g/mol. The smallest absolute Gasteiger partial charge is 0.382 e. The van der Waals surface area contributed by atoms with E-state index in [-0.39, 0.29) is 11.5 Å². The van der Waals surface area contributed by atoms with Crippen molar-refractivity contribution in [3.63, 3.8) is 0 Å². The van der Waals surface area contributed by atoms with Gasteiger partial charge in [-0.3, -0.25) is 0 Å². The molecule has 2 aliphatic rings. The summed E-state index contributed by atoms with van der Waals surface area (Å²) < 4.78 is 52.5. The van der Waals surface area contributed by atoms with Gasteiger partial charge in [0.25, 0.3) is 0 Å². The molecule has 29 heavy (non-hydrogen) atoms. The van der Waals surface area contributed by atoms with Crippen LogP contribution in [0, 0.1) is 5.41 Å². The lowest BCUT2D eigenvalue weighted by Crippen LogP contribution is -2.68. The van der Waals surface area contributed by atoms with Crippen LogP contribution in [0.2, 0.25) is 5.02 Å². The molecular weight excluding hydrogens is 433 g/mol. The first-order valence-corrected chi connectivity index (χ1v) is 10.4. The first kappa shape index (κ1) is 20.8. The molecular formula is C16H20ClF3N6O2S. The SMILES string of the molecule is Cn1cc(Cl)c2ncnc(N3CC4(CC(N(CC(O)C(F)(F)F)S(N)=O)C4)C3)c21. The molecule has 1 aliphatic heterocycles. The minimum atomic E-state index is -4.78. The lowest BCUT2D eigenvalue weighted by atomic mass is 9.60. The number of hydrogen-bond donors (Lipinski definition) is 2. The van der Waals surface area contributed by atoms with Crippen LogP contribution in [0.25, 0.3) is 11.0 Å². The van der Waals surface area contributed by atoms with E-state index in [1.165, 1.54) is 6.33 Å². The zero-order valence-electron chi connectivity index (χ0n) is 15.4. The first-order valence-electron chi connectivity index (χ1n) is 8.89. The van der Waals surface area contributed by atoms with Crippen molar-refractivity contribution in [3.05, 3.63) is 17.5 Å². The summed E-state index contributed by atoms with van der Waals surface area (Å²) in [5.74, 6) is 0.755. The van der Waals surface area contributed by atoms with Crippen LogP contribution >= 0.6 is 11.6 Å². The van der Waals surface area contributed by atoms with Crippen molar-refractivity contribution in [2.24, 2.45) is 17.6 Å². The highest BCUT2D eigenvalue weighted by atomic mass is 35.5. The quantitative estimate of drug-likeness (QED) is 0.713. The second-order valence-electron chi connectivity index (χ2n) is 7.83. The summed E-state index contributed by atoms with van der Waals surface area (Å²) in [6.45, 7) is 0.544. The van der Waals surface area contributed by atoms with Crippen LogP contribution in [-0.2, 0) is 18.2 Å². The maximum atomic E-state index is 12.6. The Bertz CT molecular complexity index is 956. The normalized spacial score (nSPS) is 21.4. The second kappa shape index (κ2) is 7.05. The summed E-state index contributed by atoms with van der Waals surface area (Å²) in [4.78, 5) is 10.7. The van der Waals surface area contributed by atoms with Crippen molar-refractivity contribution in [2.45, 2.75) is 31.2 Å². The van der Waals surface area contributed by atoms with E-state index < -0.39 is 30.0 Å². The number of fused-ring (bicyclic) bond motifs is 1. The Labute approximate surface area is 172 Å². The summed E-state index contributed by atoms with van der Waals surface area (Å²) in [6, 6.07) is -0.366. The number of aromatic nitrogens is 3. The average Bonchev–Trinajstić information content (AvgIpc) is 2.85. The van der Waals surface area contributed by atoms with Crippen LogP contribution in [0.5, 0.6) is 0 Å². The van der Waals surface area contributed by atoms with Crippen molar-refractivity contribution < 1.29 is 22.5 Å². The molecule has 3 heterocycles. The number of aliphatic hydroxyl groups excluding tert-OH is 1. The highest BCUT2D eigenvalue weighted by molar-refractivity contribution is 7.80. The molecule has 2 aromatic rings. The molecule has 0 bridgehead atoms. The van der Waals surface area contributed by atoms with Gasteiger partial charge in [0.1, 0.15) is 17.4 Å². The topological polar surface area (TPSA) is 101 Å². The Morgan fingerprint density at radius 1 is 1.45 bits per heavy atom. The van der Waals surface area contributed by atoms with E-state index in [1.807, 2.05) is 11.6 Å². The highest BCUT2D eigenvalue weighted by Gasteiger charge is 2.56. The van der Waals surface area contributed by atoms with Gasteiger partial charge in [0, 0.05) is 44.3 Å². The van der Waals surface area contributed by atoms with E-state index in [4.69, 9.17) is 16.7 Å². The standard InChI is InChI=1S/C16H20ClF3N6O2S/c1-24-4-10(17)12-13(24)14(23-8-22-12)25-6-15(7-25)2-9(3-15)26(29(21)28)5-11(27)16(18,19)20/h4,8-9,11,27H,2-3,5-7,21H2,1H3. The van der Waals surface area contributed by atoms with Crippen molar-refractivity contribution in [1.82, 2.24) is 18.8 Å². The van der Waals surface area contributed by atoms with Crippen molar-refractivity contribution >= 4 is 39.6 Å². The van der Waals surface area contributed by atoms with Gasteiger partial charge in [-0.05, 0) is 12.8 Å². The highest BCUT2D eigenvalue weighted by Crippen LogP contribution is 2.52. The van der Waals surface area contributed by atoms with Gasteiger partial charge in [0.15, 0.2) is 23.1 Å². The molecule has 1 aliphatic carbocycles. The maximum Gasteiger partial charge on any atom is 0.415 e. The minimum Gasteiger partial charge on any atom is -0.382 e. The predicted molar refractivity (Wildman–Crippen MR) is 102 cm³/mol. The molecule has 1 saturated heterocycles. The van der Waals surface area contributed by atoms with Crippen LogP contribution in [0.15, 0.2) is 12.5 Å². The Kier molecular flexibility index (Phi) is 5.05. The Hall–Kier alpha value is -1.47. The van der Waals surface area contributed by atoms with Gasteiger partial charge in [-0.2, -0.15) is 13.2 Å². The third-order valence-corrected chi connectivity index (χ3v) is 6.93. The fraction of sp³-hybridized carbons (Fsp3) is 0.625. The fourth-order valence-corrected chi connectivity index (χ4v) is 5.37. The number of hydrogen-bond acceptors (Lipinski definition) is 5. The number of halogens is 4. The molecule has 2 unspecified atom stereocenters. The van der Waals surface area contributed by atoms with E-state index in [0.29, 0.717) is 36.5 Å². The molecule has 2 fully saturated rings. The molecule has 1 spiro atoms. The number of aliphatic hydroxyl groups is 1. The molecule has 4 rings (SSSR count). The number of alkyl halides is 3. The van der Waals surface area contributed by atoms with Gasteiger partial charge in [-0.25, -0.2) is 23.6 Å². The minimum absolute atomic E-state index is 0.0856. The number of nitrogens with two attached hydrogens (primary N) is 1. The lowest BCUT2D eigenvalue weighted by molar-refractivity contribution is -0.207. The molecule has 8 nitrogen and oxygen atoms in total. The third kappa shape index (κ3) is 3.61. The predicted octanol–water partition coefficient (Wildman–Crippen LogP) is 1.35. The molecule has 2 aromatic heterocycles. The summed E-state index contributed by atoms with van der Waals surface area (Å²) >= 11 is 4.10. The van der Waals surface area contributed by atoms with Gasteiger partial charge >= 0.3 is 6.18 Å². The molecule has 0 radical (unpaired) electrons. The molecule has 3 N–H and O–H groups in total. The van der Waals surface area contributed by atoms with Crippen molar-refractivity contribution in [3.8, 4) is 0 Å². The van der Waals surface area contributed by atoms with Gasteiger partial charge in [0.05, 0.1) is 5.02 Å². The second-order valence-corrected chi connectivity index (χ2v) is 9.26. The molecule has 2 atom stereocenters. The van der Waals surface area contributed by atoms with Crippen molar-refractivity contribution in [2.75, 3.05) is 24.5 Å². The Morgan fingerprint density at radius 3 is 2.69 bits per heavy atom. The number of anilines is 1. The van der Waals surface area contributed by atoms with Crippen LogP contribution in [0.4, 0.5) is 19.0 Å². The van der Waals surface area contributed by atoms with E-state index in [2.05, 4.69) is 14.9 Å². The summed E-state index contributed by atoms with van der Waals surface area (Å²) in [5.41, 5.74) is 1.40. The van der Waals surface area contributed by atoms with Gasteiger partial charge < -0.3 is 14.6 Å². The molecule has 160 valence electrons. The maximum absolute atomic E-state index is 12.6. The number of aryl methyl sites for hydroxylation is 1. The third-order valence-electron chi connectivity index (χ3n) is 5.75. The fourth-order valence-electron chi connectivity index (χ4n) is 4.35. The number of nitrogens with zero attached hydrogens (tertiary/aromatic N) is 5. The van der Waals surface area contributed by atoms with Gasteiger partial charge in [-0.15, -0.1) is 0 Å². The van der Waals surface area contributed by atoms with E-state index in [9.17, 15) is 22.5 Å². The molecule has 0 aromatic carbocycles. The molecule has 0 amide bonds. The first-order chi connectivity index (χ1) is 13.5. The Balaban J connectivity index is 1.42. The summed E-state index contributed by atoms with van der Waals surface area (Å²) in [6.07, 6.45) is -3.03. The van der Waals surface area contributed by atoms with Crippen LogP contribution in [0.3, 0.4) is 0 Å². The zero-order valence-corrected chi connectivity index (χ0v) is 17.0. The molecule has 13 heteroatoms. The lowest BCUT2D eigenvalue weighted by Gasteiger charge is -2.61. The van der Waals surface area contributed by atoms with Gasteiger partial charge in [0.2, 0.25) is 0 Å². The molecule has 1 saturated carbocycles. The van der Waals surface area contributed by atoms with E-state index in [1.54, 1.807) is 6.20 Å².